The van der Waals surface area contributed by atoms with Crippen molar-refractivity contribution >= 4 is 27.5 Å². The predicted molar refractivity (Wildman–Crippen MR) is 126 cm³/mol. The van der Waals surface area contributed by atoms with Gasteiger partial charge >= 0.3 is 0 Å². The zero-order valence-corrected chi connectivity index (χ0v) is 19.8. The number of rotatable bonds is 3. The average Bonchev–Trinajstić information content (AvgIpc) is 2.94. The number of aliphatic imine (C=N–C) groups is 1. The minimum atomic E-state index is -3.91. The molecule has 2 fully saturated rings. The van der Waals surface area contributed by atoms with Crippen LogP contribution in [0, 0.1) is 6.92 Å². The average molecular weight is 455 g/mol. The van der Waals surface area contributed by atoms with E-state index >= 15 is 0 Å². The summed E-state index contributed by atoms with van der Waals surface area (Å²) in [4.78, 5) is 24.8. The number of hydrogen-bond donors (Lipinski definition) is 0. The van der Waals surface area contributed by atoms with E-state index in [1.165, 1.54) is 0 Å². The number of nitrogens with zero attached hydrogens (tertiary/aromatic N) is 4. The van der Waals surface area contributed by atoms with Crippen LogP contribution in [0.4, 0.5) is 5.82 Å². The van der Waals surface area contributed by atoms with Crippen LogP contribution in [0.25, 0.3) is 0 Å². The fourth-order valence-corrected chi connectivity index (χ4v) is 6.66. The number of sulfonamides is 1. The van der Waals surface area contributed by atoms with Gasteiger partial charge in [0.2, 0.25) is 0 Å². The van der Waals surface area contributed by atoms with Crippen LogP contribution in [0.2, 0.25) is 0 Å². The minimum Gasteiger partial charge on any atom is -0.356 e. The monoisotopic (exact) mass is 454 g/mol. The Morgan fingerprint density at radius 2 is 1.69 bits per heavy atom. The molecule has 2 aliphatic heterocycles. The molecular weight excluding hydrogens is 424 g/mol. The molecule has 1 unspecified atom stereocenters. The van der Waals surface area contributed by atoms with Crippen molar-refractivity contribution in [3.05, 3.63) is 59.8 Å². The first-order chi connectivity index (χ1) is 15.1. The Morgan fingerprint density at radius 1 is 1.03 bits per heavy atom. The number of hydrogen-bond acceptors (Lipinski definition) is 6. The van der Waals surface area contributed by atoms with Gasteiger partial charge in [-0.2, -0.15) is 0 Å². The molecule has 1 aromatic carbocycles. The summed E-state index contributed by atoms with van der Waals surface area (Å²) in [6.45, 7) is 8.74. The van der Waals surface area contributed by atoms with E-state index < -0.39 is 26.7 Å². The molecule has 0 aliphatic carbocycles. The molecule has 0 spiro atoms. The van der Waals surface area contributed by atoms with Crippen LogP contribution in [-0.2, 0) is 14.8 Å². The number of carbonyl (C=O) groups excluding carboxylic acids is 1. The molecule has 2 saturated heterocycles. The topological polar surface area (TPSA) is 82.9 Å². The molecule has 0 radical (unpaired) electrons. The molecule has 7 nitrogen and oxygen atoms in total. The van der Waals surface area contributed by atoms with Crippen molar-refractivity contribution in [1.82, 2.24) is 9.29 Å². The number of carbonyl (C=O) groups is 1. The van der Waals surface area contributed by atoms with Gasteiger partial charge in [0.1, 0.15) is 11.5 Å². The predicted octanol–water partition coefficient (Wildman–Crippen LogP) is 3.51. The van der Waals surface area contributed by atoms with E-state index in [1.807, 2.05) is 31.3 Å². The number of pyridine rings is 1. The van der Waals surface area contributed by atoms with Crippen molar-refractivity contribution in [2.75, 3.05) is 18.0 Å². The Morgan fingerprint density at radius 3 is 2.25 bits per heavy atom. The molecule has 0 N–H and O–H groups in total. The molecule has 8 heteroatoms. The van der Waals surface area contributed by atoms with Crippen LogP contribution in [0.1, 0.15) is 50.0 Å². The number of aromatic nitrogens is 1. The Hall–Kier alpha value is -2.74. The first kappa shape index (κ1) is 22.5. The molecule has 1 aromatic heterocycles. The molecule has 2 aliphatic rings. The lowest BCUT2D eigenvalue weighted by Gasteiger charge is -2.31. The number of aryl methyl sites for hydroxylation is 1. The van der Waals surface area contributed by atoms with Crippen LogP contribution < -0.4 is 4.90 Å². The van der Waals surface area contributed by atoms with Gasteiger partial charge in [-0.3, -0.25) is 9.79 Å². The van der Waals surface area contributed by atoms with Crippen LogP contribution >= 0.6 is 0 Å². The van der Waals surface area contributed by atoms with E-state index in [-0.39, 0.29) is 11.8 Å². The summed E-state index contributed by atoms with van der Waals surface area (Å²) in [5.74, 6) is 0.427. The van der Waals surface area contributed by atoms with E-state index in [2.05, 4.69) is 9.88 Å². The summed E-state index contributed by atoms with van der Waals surface area (Å²) < 4.78 is 28.0. The Kier molecular flexibility index (Phi) is 5.83. The van der Waals surface area contributed by atoms with Crippen molar-refractivity contribution in [2.45, 2.75) is 57.4 Å². The van der Waals surface area contributed by atoms with Crippen LogP contribution in [0.3, 0.4) is 0 Å². The summed E-state index contributed by atoms with van der Waals surface area (Å²) in [5.41, 5.74) is 0.970. The molecule has 1 atom stereocenters. The fraction of sp³-hybridized carbons (Fsp3) is 0.458. The van der Waals surface area contributed by atoms with Gasteiger partial charge in [-0.05, 0) is 57.7 Å². The molecule has 4 rings (SSSR count). The van der Waals surface area contributed by atoms with Crippen molar-refractivity contribution < 1.29 is 13.2 Å². The maximum atomic E-state index is 13.5. The first-order valence-electron chi connectivity index (χ1n) is 11.0. The van der Waals surface area contributed by atoms with Gasteiger partial charge in [0, 0.05) is 19.3 Å². The zero-order chi connectivity index (χ0) is 23.1. The van der Waals surface area contributed by atoms with E-state index in [4.69, 9.17) is 4.99 Å². The summed E-state index contributed by atoms with van der Waals surface area (Å²) in [7, 11) is -3.91. The van der Waals surface area contributed by atoms with Gasteiger partial charge in [-0.25, -0.2) is 17.7 Å². The lowest BCUT2D eigenvalue weighted by molar-refractivity contribution is -0.122. The van der Waals surface area contributed by atoms with E-state index in [0.717, 1.165) is 41.6 Å². The standard InChI is InChI=1S/C24H30N4O3S/c1-17-10-11-20(25-16-17)27-14-12-19(13-15-27)26-21-22(18-8-6-5-7-9-18)32(30,31)28(23(21)29)24(2,3)4/h5-11,16,19,22H,12-15H2,1-4H3. The second-order valence-corrected chi connectivity index (χ2v) is 11.4. The van der Waals surface area contributed by atoms with Gasteiger partial charge in [0.05, 0.1) is 11.6 Å². The smallest absolute Gasteiger partial charge is 0.283 e. The quantitative estimate of drug-likeness (QED) is 0.709. The highest BCUT2D eigenvalue weighted by molar-refractivity contribution is 7.91. The van der Waals surface area contributed by atoms with Crippen molar-refractivity contribution in [2.24, 2.45) is 4.99 Å². The maximum absolute atomic E-state index is 13.5. The molecule has 2 aromatic rings. The third-order valence-corrected chi connectivity index (χ3v) is 8.24. The molecule has 0 bridgehead atoms. The zero-order valence-electron chi connectivity index (χ0n) is 19.0. The fourth-order valence-electron chi connectivity index (χ4n) is 4.41. The van der Waals surface area contributed by atoms with Gasteiger partial charge in [-0.1, -0.05) is 36.4 Å². The second kappa shape index (κ2) is 8.31. The number of piperidine rings is 1. The number of benzene rings is 1. The van der Waals surface area contributed by atoms with E-state index in [1.54, 1.807) is 45.0 Å². The third kappa shape index (κ3) is 4.16. The van der Waals surface area contributed by atoms with E-state index in [0.29, 0.717) is 5.56 Å². The maximum Gasteiger partial charge on any atom is 0.283 e. The highest BCUT2D eigenvalue weighted by Crippen LogP contribution is 2.39. The van der Waals surface area contributed by atoms with Crippen LogP contribution in [-0.4, -0.2) is 54.0 Å². The molecule has 170 valence electrons. The molecule has 3 heterocycles. The van der Waals surface area contributed by atoms with Crippen molar-refractivity contribution in [3.63, 3.8) is 0 Å². The number of anilines is 1. The lowest BCUT2D eigenvalue weighted by Crippen LogP contribution is -2.45. The molecule has 1 amide bonds. The Bertz CT molecular complexity index is 1110. The summed E-state index contributed by atoms with van der Waals surface area (Å²) in [6.07, 6.45) is 3.34. The van der Waals surface area contributed by atoms with Gasteiger partial charge in [0.25, 0.3) is 15.9 Å². The van der Waals surface area contributed by atoms with E-state index in [9.17, 15) is 13.2 Å². The molecular formula is C24H30N4O3S. The normalized spacial score (nSPS) is 23.2. The lowest BCUT2D eigenvalue weighted by atomic mass is 10.0. The van der Waals surface area contributed by atoms with Gasteiger partial charge in [0.15, 0.2) is 5.25 Å². The minimum absolute atomic E-state index is 0.100. The highest BCUT2D eigenvalue weighted by Gasteiger charge is 2.54. The highest BCUT2D eigenvalue weighted by atomic mass is 32.2. The van der Waals surface area contributed by atoms with Gasteiger partial charge < -0.3 is 4.90 Å². The van der Waals surface area contributed by atoms with Crippen molar-refractivity contribution in [1.29, 1.82) is 0 Å². The molecule has 32 heavy (non-hydrogen) atoms. The summed E-state index contributed by atoms with van der Waals surface area (Å²) in [6, 6.07) is 12.9. The first-order valence-corrected chi connectivity index (χ1v) is 12.5. The van der Waals surface area contributed by atoms with Crippen molar-refractivity contribution in [3.8, 4) is 0 Å². The Balaban J connectivity index is 1.63. The van der Waals surface area contributed by atoms with Crippen LogP contribution in [0.5, 0.6) is 0 Å². The molecule has 0 saturated carbocycles. The summed E-state index contributed by atoms with van der Waals surface area (Å²) >= 11 is 0. The third-order valence-electron chi connectivity index (χ3n) is 5.92. The summed E-state index contributed by atoms with van der Waals surface area (Å²) in [5, 5.41) is -1.06. The SMILES string of the molecule is Cc1ccc(N2CCC(N=C3C(=O)N(C(C)(C)C)S(=O)(=O)C3c3ccccc3)CC2)nc1. The number of amides is 1. The largest absolute Gasteiger partial charge is 0.356 e. The van der Waals surface area contributed by atoms with Crippen LogP contribution in [0.15, 0.2) is 53.7 Å². The van der Waals surface area contributed by atoms with Gasteiger partial charge in [-0.15, -0.1) is 0 Å². The Labute approximate surface area is 190 Å². The second-order valence-electron chi connectivity index (χ2n) is 9.50.